The molecule has 2 nitrogen and oxygen atoms in total. The molecule has 1 aliphatic heterocycles. The highest BCUT2D eigenvalue weighted by Gasteiger charge is 2.33. The maximum atomic E-state index is 6.29. The lowest BCUT2D eigenvalue weighted by Crippen LogP contribution is -2.57. The van der Waals surface area contributed by atoms with E-state index in [9.17, 15) is 0 Å². The van der Waals surface area contributed by atoms with E-state index in [0.717, 1.165) is 31.2 Å². The molecule has 0 aromatic heterocycles. The van der Waals surface area contributed by atoms with Crippen molar-refractivity contribution in [2.24, 2.45) is 17.6 Å². The summed E-state index contributed by atoms with van der Waals surface area (Å²) < 4.78 is 0. The molecule has 1 saturated heterocycles. The minimum absolute atomic E-state index is 0.0575. The van der Waals surface area contributed by atoms with Crippen molar-refractivity contribution in [3.05, 3.63) is 0 Å². The molecular weight excluding hydrogens is 172 g/mol. The lowest BCUT2D eigenvalue weighted by Gasteiger charge is -2.45. The first kappa shape index (κ1) is 12.0. The zero-order valence-electron chi connectivity index (χ0n) is 10.2. The van der Waals surface area contributed by atoms with Gasteiger partial charge in [0.05, 0.1) is 0 Å². The summed E-state index contributed by atoms with van der Waals surface area (Å²) >= 11 is 0. The second-order valence-corrected chi connectivity index (χ2v) is 5.27. The van der Waals surface area contributed by atoms with Crippen LogP contribution in [-0.4, -0.2) is 30.1 Å². The first-order valence-corrected chi connectivity index (χ1v) is 6.02. The third kappa shape index (κ3) is 2.71. The van der Waals surface area contributed by atoms with Gasteiger partial charge in [-0.15, -0.1) is 0 Å². The monoisotopic (exact) mass is 198 g/mol. The van der Waals surface area contributed by atoms with E-state index in [-0.39, 0.29) is 5.54 Å². The Morgan fingerprint density at radius 2 is 1.79 bits per heavy atom. The quantitative estimate of drug-likeness (QED) is 0.733. The fourth-order valence-corrected chi connectivity index (χ4v) is 2.08. The average Bonchev–Trinajstić information content (AvgIpc) is 2.09. The summed E-state index contributed by atoms with van der Waals surface area (Å²) in [6, 6.07) is 0. The van der Waals surface area contributed by atoms with Crippen LogP contribution in [0.2, 0.25) is 0 Å². The molecule has 1 heterocycles. The second-order valence-electron chi connectivity index (χ2n) is 5.27. The largest absolute Gasteiger partial charge is 0.324 e. The number of likely N-dealkylation sites (tertiary alicyclic amines) is 1. The third-order valence-electron chi connectivity index (χ3n) is 3.87. The van der Waals surface area contributed by atoms with Crippen LogP contribution >= 0.6 is 0 Å². The van der Waals surface area contributed by atoms with E-state index in [4.69, 9.17) is 5.73 Å². The van der Waals surface area contributed by atoms with Gasteiger partial charge in [-0.1, -0.05) is 27.7 Å². The van der Waals surface area contributed by atoms with Crippen molar-refractivity contribution >= 4 is 0 Å². The maximum Gasteiger partial charge on any atom is 0.0278 e. The Hall–Kier alpha value is -0.0800. The van der Waals surface area contributed by atoms with Crippen molar-refractivity contribution in [1.29, 1.82) is 0 Å². The minimum atomic E-state index is 0.0575. The predicted molar refractivity (Wildman–Crippen MR) is 62.3 cm³/mol. The molecule has 0 aromatic rings. The van der Waals surface area contributed by atoms with Gasteiger partial charge in [-0.2, -0.15) is 0 Å². The molecule has 0 aromatic carbocycles. The second kappa shape index (κ2) is 4.63. The highest BCUT2D eigenvalue weighted by atomic mass is 15.2. The minimum Gasteiger partial charge on any atom is -0.324 e. The lowest BCUT2D eigenvalue weighted by molar-refractivity contribution is 0.0449. The van der Waals surface area contributed by atoms with Crippen LogP contribution in [0.4, 0.5) is 0 Å². The molecule has 0 atom stereocenters. The van der Waals surface area contributed by atoms with Crippen molar-refractivity contribution < 1.29 is 0 Å². The van der Waals surface area contributed by atoms with Crippen LogP contribution in [0.15, 0.2) is 0 Å². The Labute approximate surface area is 88.8 Å². The highest BCUT2D eigenvalue weighted by Crippen LogP contribution is 2.25. The van der Waals surface area contributed by atoms with Gasteiger partial charge in [-0.3, -0.25) is 0 Å². The summed E-state index contributed by atoms with van der Waals surface area (Å²) in [5.41, 5.74) is 6.34. The Morgan fingerprint density at radius 1 is 1.29 bits per heavy atom. The molecule has 14 heavy (non-hydrogen) atoms. The molecule has 0 unspecified atom stereocenters. The summed E-state index contributed by atoms with van der Waals surface area (Å²) in [6.07, 6.45) is 2.18. The van der Waals surface area contributed by atoms with E-state index >= 15 is 0 Å². The van der Waals surface area contributed by atoms with Crippen LogP contribution in [0, 0.1) is 11.8 Å². The van der Waals surface area contributed by atoms with Gasteiger partial charge >= 0.3 is 0 Å². The van der Waals surface area contributed by atoms with Crippen LogP contribution in [-0.2, 0) is 0 Å². The summed E-state index contributed by atoms with van der Waals surface area (Å²) in [5, 5.41) is 0. The van der Waals surface area contributed by atoms with Crippen LogP contribution in [0.25, 0.3) is 0 Å². The van der Waals surface area contributed by atoms with Gasteiger partial charge in [0.2, 0.25) is 0 Å². The number of nitrogens with zero attached hydrogens (tertiary/aromatic N) is 1. The Morgan fingerprint density at radius 3 is 2.14 bits per heavy atom. The molecule has 0 saturated carbocycles. The average molecular weight is 198 g/mol. The van der Waals surface area contributed by atoms with Gasteiger partial charge in [-0.05, 0) is 24.7 Å². The summed E-state index contributed by atoms with van der Waals surface area (Å²) in [6.45, 7) is 12.6. The number of hydrogen-bond acceptors (Lipinski definition) is 2. The zero-order valence-corrected chi connectivity index (χ0v) is 10.2. The molecule has 1 aliphatic rings. The molecule has 84 valence electrons. The van der Waals surface area contributed by atoms with E-state index in [1.165, 1.54) is 13.1 Å². The highest BCUT2D eigenvalue weighted by molar-refractivity contribution is 4.90. The normalized spacial score (nSPS) is 20.1. The van der Waals surface area contributed by atoms with E-state index in [1.54, 1.807) is 0 Å². The standard InChI is InChI=1S/C12H26N2/c1-5-12(13,6-2)9-14-7-11(8-14)10(3)4/h10-11H,5-9,13H2,1-4H3. The van der Waals surface area contributed by atoms with Crippen LogP contribution in [0.5, 0.6) is 0 Å². The summed E-state index contributed by atoms with van der Waals surface area (Å²) in [5.74, 6) is 1.75. The van der Waals surface area contributed by atoms with Crippen molar-refractivity contribution in [2.75, 3.05) is 19.6 Å². The molecule has 2 N–H and O–H groups in total. The van der Waals surface area contributed by atoms with Crippen molar-refractivity contribution in [1.82, 2.24) is 4.90 Å². The van der Waals surface area contributed by atoms with Crippen LogP contribution < -0.4 is 5.73 Å². The van der Waals surface area contributed by atoms with Gasteiger partial charge in [0.25, 0.3) is 0 Å². The van der Waals surface area contributed by atoms with Crippen molar-refractivity contribution in [3.63, 3.8) is 0 Å². The van der Waals surface area contributed by atoms with Gasteiger partial charge in [0.1, 0.15) is 0 Å². The van der Waals surface area contributed by atoms with E-state index in [2.05, 4.69) is 32.6 Å². The fraction of sp³-hybridized carbons (Fsp3) is 1.00. The van der Waals surface area contributed by atoms with Gasteiger partial charge in [-0.25, -0.2) is 0 Å². The van der Waals surface area contributed by atoms with Gasteiger partial charge in [0.15, 0.2) is 0 Å². The predicted octanol–water partition coefficient (Wildman–Crippen LogP) is 2.09. The molecule has 2 heteroatoms. The fourth-order valence-electron chi connectivity index (χ4n) is 2.08. The molecule has 0 radical (unpaired) electrons. The molecule has 1 rings (SSSR count). The van der Waals surface area contributed by atoms with Crippen molar-refractivity contribution in [2.45, 2.75) is 46.1 Å². The van der Waals surface area contributed by atoms with Gasteiger partial charge < -0.3 is 10.6 Å². The van der Waals surface area contributed by atoms with E-state index in [1.807, 2.05) is 0 Å². The lowest BCUT2D eigenvalue weighted by atomic mass is 9.85. The number of rotatable bonds is 5. The maximum absolute atomic E-state index is 6.29. The summed E-state index contributed by atoms with van der Waals surface area (Å²) in [4.78, 5) is 2.51. The molecular formula is C12H26N2. The zero-order chi connectivity index (χ0) is 10.8. The number of nitrogens with two attached hydrogens (primary N) is 1. The first-order chi connectivity index (χ1) is 6.50. The Kier molecular flexibility index (Phi) is 3.96. The molecule has 1 fully saturated rings. The SMILES string of the molecule is CCC(N)(CC)CN1CC(C(C)C)C1. The van der Waals surface area contributed by atoms with Crippen LogP contribution in [0.1, 0.15) is 40.5 Å². The summed E-state index contributed by atoms with van der Waals surface area (Å²) in [7, 11) is 0. The molecule has 0 aliphatic carbocycles. The van der Waals surface area contributed by atoms with Gasteiger partial charge in [0, 0.05) is 25.2 Å². The topological polar surface area (TPSA) is 29.3 Å². The van der Waals surface area contributed by atoms with Crippen LogP contribution in [0.3, 0.4) is 0 Å². The first-order valence-electron chi connectivity index (χ1n) is 6.02. The Bertz CT molecular complexity index is 167. The van der Waals surface area contributed by atoms with Crippen molar-refractivity contribution in [3.8, 4) is 0 Å². The van der Waals surface area contributed by atoms with E-state index < -0.39 is 0 Å². The molecule has 0 bridgehead atoms. The molecule has 0 spiro atoms. The Balaban J connectivity index is 2.28. The third-order valence-corrected chi connectivity index (χ3v) is 3.87. The van der Waals surface area contributed by atoms with E-state index in [0.29, 0.717) is 0 Å². The number of hydrogen-bond donors (Lipinski definition) is 1. The smallest absolute Gasteiger partial charge is 0.0278 e. The molecule has 0 amide bonds.